The Balaban J connectivity index is 2.10. The number of halogens is 1. The Morgan fingerprint density at radius 1 is 1.20 bits per heavy atom. The Kier molecular flexibility index (Phi) is 2.31. The molecule has 4 rings (SSSR count). The maximum absolute atomic E-state index is 12.0. The van der Waals surface area contributed by atoms with E-state index in [9.17, 15) is 4.79 Å². The van der Waals surface area contributed by atoms with Crippen LogP contribution >= 0.6 is 15.9 Å². The Bertz CT molecular complexity index is 998. The molecule has 7 heteroatoms. The number of benzene rings is 1. The van der Waals surface area contributed by atoms with Crippen molar-refractivity contribution in [2.24, 2.45) is 0 Å². The van der Waals surface area contributed by atoms with Gasteiger partial charge < -0.3 is 9.40 Å². The van der Waals surface area contributed by atoms with E-state index >= 15 is 0 Å². The van der Waals surface area contributed by atoms with Crippen LogP contribution in [-0.4, -0.2) is 19.6 Å². The minimum Gasteiger partial charge on any atom is -0.446 e. The monoisotopic (exact) mass is 330 g/mol. The molecule has 0 aliphatic heterocycles. The van der Waals surface area contributed by atoms with Gasteiger partial charge in [0.25, 0.3) is 0 Å². The van der Waals surface area contributed by atoms with Gasteiger partial charge in [-0.2, -0.15) is 4.52 Å². The molecule has 0 aliphatic rings. The van der Waals surface area contributed by atoms with Crippen molar-refractivity contribution in [1.29, 1.82) is 0 Å². The van der Waals surface area contributed by atoms with Crippen molar-refractivity contribution in [2.75, 3.05) is 0 Å². The molecule has 0 aliphatic carbocycles. The first-order valence-corrected chi connectivity index (χ1v) is 6.65. The van der Waals surface area contributed by atoms with Gasteiger partial charge in [-0.3, -0.25) is 0 Å². The van der Waals surface area contributed by atoms with E-state index in [1.165, 1.54) is 4.52 Å². The van der Waals surface area contributed by atoms with Crippen LogP contribution in [0, 0.1) is 0 Å². The van der Waals surface area contributed by atoms with Crippen molar-refractivity contribution in [3.05, 3.63) is 51.6 Å². The summed E-state index contributed by atoms with van der Waals surface area (Å²) in [6.07, 6.45) is 0. The summed E-state index contributed by atoms with van der Waals surface area (Å²) in [7, 11) is 0. The number of aromatic amines is 1. The van der Waals surface area contributed by atoms with Gasteiger partial charge in [0.1, 0.15) is 0 Å². The molecule has 0 spiro atoms. The molecule has 0 saturated heterocycles. The molecular weight excluding hydrogens is 324 g/mol. The number of H-pyrrole nitrogens is 1. The summed E-state index contributed by atoms with van der Waals surface area (Å²) in [5, 5.41) is 5.02. The lowest BCUT2D eigenvalue weighted by molar-refractivity contribution is 0.551. The molecule has 1 N–H and O–H groups in total. The molecule has 0 atom stereocenters. The van der Waals surface area contributed by atoms with E-state index in [1.54, 1.807) is 12.1 Å². The van der Waals surface area contributed by atoms with Crippen LogP contribution in [0.3, 0.4) is 0 Å². The van der Waals surface area contributed by atoms with E-state index in [-0.39, 0.29) is 5.69 Å². The van der Waals surface area contributed by atoms with Crippen molar-refractivity contribution < 1.29 is 4.42 Å². The molecule has 6 nitrogen and oxygen atoms in total. The molecule has 4 aromatic rings. The fraction of sp³-hybridized carbons (Fsp3) is 0. The highest BCUT2D eigenvalue weighted by Gasteiger charge is 2.14. The van der Waals surface area contributed by atoms with E-state index < -0.39 is 0 Å². The third-order valence-corrected chi connectivity index (χ3v) is 3.43. The molecular formula is C13H7BrN4O2. The summed E-state index contributed by atoms with van der Waals surface area (Å²) in [5.74, 6) is 0.876. The lowest BCUT2D eigenvalue weighted by atomic mass is 10.2. The average Bonchev–Trinajstić information content (AvgIpc) is 3.05. The topological polar surface area (TPSA) is 76.2 Å². The third-order valence-electron chi connectivity index (χ3n) is 3.00. The van der Waals surface area contributed by atoms with Crippen molar-refractivity contribution in [3.8, 4) is 11.6 Å². The van der Waals surface area contributed by atoms with Crippen LogP contribution in [0.5, 0.6) is 0 Å². The SMILES string of the molecule is O=c1[nH]c2ccccc2c2nc(-c3ccc(Br)o3)nn12. The van der Waals surface area contributed by atoms with Gasteiger partial charge >= 0.3 is 5.69 Å². The zero-order chi connectivity index (χ0) is 13.7. The molecule has 0 unspecified atom stereocenters. The number of aromatic nitrogens is 4. The van der Waals surface area contributed by atoms with Crippen LogP contribution in [-0.2, 0) is 0 Å². The third kappa shape index (κ3) is 1.60. The number of para-hydroxylation sites is 1. The number of hydrogen-bond donors (Lipinski definition) is 1. The summed E-state index contributed by atoms with van der Waals surface area (Å²) in [6, 6.07) is 11.0. The number of fused-ring (bicyclic) bond motifs is 3. The summed E-state index contributed by atoms with van der Waals surface area (Å²) < 4.78 is 7.25. The molecule has 98 valence electrons. The minimum atomic E-state index is -0.330. The average molecular weight is 331 g/mol. The van der Waals surface area contributed by atoms with E-state index in [1.807, 2.05) is 24.3 Å². The summed E-state index contributed by atoms with van der Waals surface area (Å²) >= 11 is 3.23. The summed E-state index contributed by atoms with van der Waals surface area (Å²) in [4.78, 5) is 19.2. The highest BCUT2D eigenvalue weighted by atomic mass is 79.9. The molecule has 0 bridgehead atoms. The molecule has 0 saturated carbocycles. The van der Waals surface area contributed by atoms with Gasteiger partial charge in [0.15, 0.2) is 16.1 Å². The van der Waals surface area contributed by atoms with Gasteiger partial charge in [-0.15, -0.1) is 5.10 Å². The van der Waals surface area contributed by atoms with Crippen LogP contribution < -0.4 is 5.69 Å². The molecule has 3 heterocycles. The second-order valence-corrected chi connectivity index (χ2v) is 5.03. The van der Waals surface area contributed by atoms with Gasteiger partial charge in [-0.1, -0.05) is 12.1 Å². The molecule has 0 fully saturated rings. The van der Waals surface area contributed by atoms with Gasteiger partial charge in [-0.05, 0) is 40.2 Å². The highest BCUT2D eigenvalue weighted by Crippen LogP contribution is 2.23. The Hall–Kier alpha value is -2.41. The van der Waals surface area contributed by atoms with Gasteiger partial charge in [0, 0.05) is 5.39 Å². The van der Waals surface area contributed by atoms with E-state index in [0.29, 0.717) is 21.9 Å². The number of nitrogens with zero attached hydrogens (tertiary/aromatic N) is 3. The first kappa shape index (κ1) is 11.4. The summed E-state index contributed by atoms with van der Waals surface area (Å²) in [6.45, 7) is 0. The largest absolute Gasteiger partial charge is 0.446 e. The maximum atomic E-state index is 12.0. The predicted octanol–water partition coefficient (Wildman–Crippen LogP) is 2.59. The zero-order valence-corrected chi connectivity index (χ0v) is 11.6. The number of nitrogens with one attached hydrogen (secondary N) is 1. The second kappa shape index (κ2) is 4.04. The van der Waals surface area contributed by atoms with Gasteiger partial charge in [-0.25, -0.2) is 9.78 Å². The smallest absolute Gasteiger partial charge is 0.348 e. The molecule has 20 heavy (non-hydrogen) atoms. The predicted molar refractivity (Wildman–Crippen MR) is 76.5 cm³/mol. The molecule has 0 radical (unpaired) electrons. The standard InChI is InChI=1S/C13H7BrN4O2/c14-10-6-5-9(20-10)11-16-12-7-3-1-2-4-8(7)15-13(19)18(12)17-11/h1-6H,(H,15,19). The van der Waals surface area contributed by atoms with Gasteiger partial charge in [0.2, 0.25) is 5.82 Å². The maximum Gasteiger partial charge on any atom is 0.348 e. The highest BCUT2D eigenvalue weighted by molar-refractivity contribution is 9.10. The lowest BCUT2D eigenvalue weighted by Crippen LogP contribution is -2.17. The van der Waals surface area contributed by atoms with Crippen molar-refractivity contribution >= 4 is 32.5 Å². The molecule has 0 amide bonds. The first-order valence-electron chi connectivity index (χ1n) is 5.86. The van der Waals surface area contributed by atoms with E-state index in [0.717, 1.165) is 10.9 Å². The van der Waals surface area contributed by atoms with E-state index in [2.05, 4.69) is 31.0 Å². The number of furan rings is 1. The number of rotatable bonds is 1. The number of hydrogen-bond acceptors (Lipinski definition) is 4. The Morgan fingerprint density at radius 2 is 2.05 bits per heavy atom. The fourth-order valence-electron chi connectivity index (χ4n) is 2.12. The van der Waals surface area contributed by atoms with Crippen molar-refractivity contribution in [1.82, 2.24) is 19.6 Å². The van der Waals surface area contributed by atoms with Gasteiger partial charge in [0.05, 0.1) is 5.52 Å². The fourth-order valence-corrected chi connectivity index (χ4v) is 2.43. The second-order valence-electron chi connectivity index (χ2n) is 4.25. The van der Waals surface area contributed by atoms with Crippen LogP contribution in [0.15, 0.2) is 50.3 Å². The van der Waals surface area contributed by atoms with Crippen molar-refractivity contribution in [3.63, 3.8) is 0 Å². The molecule has 1 aromatic carbocycles. The van der Waals surface area contributed by atoms with Crippen LogP contribution in [0.25, 0.3) is 28.1 Å². The first-order chi connectivity index (χ1) is 9.72. The van der Waals surface area contributed by atoms with Crippen LogP contribution in [0.4, 0.5) is 0 Å². The van der Waals surface area contributed by atoms with E-state index in [4.69, 9.17) is 4.42 Å². The molecule has 3 aromatic heterocycles. The Morgan fingerprint density at radius 3 is 2.85 bits per heavy atom. The zero-order valence-electron chi connectivity index (χ0n) is 10.0. The minimum absolute atomic E-state index is 0.330. The quantitative estimate of drug-likeness (QED) is 0.582. The summed E-state index contributed by atoms with van der Waals surface area (Å²) in [5.41, 5.74) is 0.902. The van der Waals surface area contributed by atoms with Crippen LogP contribution in [0.1, 0.15) is 0 Å². The van der Waals surface area contributed by atoms with Crippen LogP contribution in [0.2, 0.25) is 0 Å². The lowest BCUT2D eigenvalue weighted by Gasteiger charge is -1.97. The van der Waals surface area contributed by atoms with Crippen molar-refractivity contribution in [2.45, 2.75) is 0 Å². The Labute approximate surface area is 120 Å². The normalized spacial score (nSPS) is 11.4.